The lowest BCUT2D eigenvalue weighted by Crippen LogP contribution is -2.18. The van der Waals surface area contributed by atoms with Gasteiger partial charge in [0.25, 0.3) is 0 Å². The normalized spacial score (nSPS) is 12.6. The van der Waals surface area contributed by atoms with Crippen LogP contribution in [0.1, 0.15) is 38.9 Å². The third kappa shape index (κ3) is 3.36. The third-order valence-corrected chi connectivity index (χ3v) is 2.68. The maximum Gasteiger partial charge on any atom is 0.306 e. The molecule has 1 N–H and O–H groups in total. The van der Waals surface area contributed by atoms with Gasteiger partial charge in [0.1, 0.15) is 5.82 Å². The fourth-order valence-corrected chi connectivity index (χ4v) is 1.86. The highest BCUT2D eigenvalue weighted by molar-refractivity contribution is 5.70. The van der Waals surface area contributed by atoms with Gasteiger partial charge in [-0.3, -0.25) is 4.79 Å². The number of hydrogen-bond acceptors (Lipinski definition) is 2. The lowest BCUT2D eigenvalue weighted by Gasteiger charge is -2.12. The Morgan fingerprint density at radius 2 is 2.25 bits per heavy atom. The van der Waals surface area contributed by atoms with Gasteiger partial charge in [0.15, 0.2) is 0 Å². The summed E-state index contributed by atoms with van der Waals surface area (Å²) < 4.78 is 2.05. The average Bonchev–Trinajstić information content (AvgIpc) is 2.65. The van der Waals surface area contributed by atoms with Crippen molar-refractivity contribution in [3.05, 3.63) is 18.2 Å². The van der Waals surface area contributed by atoms with Crippen molar-refractivity contribution in [3.63, 3.8) is 0 Å². The standard InChI is InChI=1S/C12H20N2O2/c1-3-5-10(12(15)16)9-11-13-6-8-14(11)7-4-2/h6,8,10H,3-5,7,9H2,1-2H3,(H,15,16). The maximum absolute atomic E-state index is 11.0. The molecule has 0 aliphatic carbocycles. The summed E-state index contributed by atoms with van der Waals surface area (Å²) >= 11 is 0. The third-order valence-electron chi connectivity index (χ3n) is 2.68. The Hall–Kier alpha value is -1.32. The van der Waals surface area contributed by atoms with E-state index < -0.39 is 5.97 Å². The summed E-state index contributed by atoms with van der Waals surface area (Å²) in [6.45, 7) is 5.02. The molecule has 1 atom stereocenters. The van der Waals surface area contributed by atoms with E-state index in [1.165, 1.54) is 0 Å². The number of carbonyl (C=O) groups is 1. The van der Waals surface area contributed by atoms with E-state index in [4.69, 9.17) is 5.11 Å². The first-order valence-electron chi connectivity index (χ1n) is 5.91. The van der Waals surface area contributed by atoms with Gasteiger partial charge in [0, 0.05) is 25.4 Å². The maximum atomic E-state index is 11.0. The molecule has 4 nitrogen and oxygen atoms in total. The zero-order chi connectivity index (χ0) is 12.0. The number of aromatic nitrogens is 2. The van der Waals surface area contributed by atoms with E-state index >= 15 is 0 Å². The van der Waals surface area contributed by atoms with Crippen LogP contribution in [0.15, 0.2) is 12.4 Å². The molecule has 0 aromatic carbocycles. The quantitative estimate of drug-likeness (QED) is 0.773. The van der Waals surface area contributed by atoms with Gasteiger partial charge in [0.2, 0.25) is 0 Å². The number of carboxylic acid groups (broad SMARTS) is 1. The van der Waals surface area contributed by atoms with Gasteiger partial charge in [-0.25, -0.2) is 4.98 Å². The van der Waals surface area contributed by atoms with Crippen LogP contribution in [0, 0.1) is 5.92 Å². The second kappa shape index (κ2) is 6.30. The fraction of sp³-hybridized carbons (Fsp3) is 0.667. The predicted octanol–water partition coefficient (Wildman–Crippen LogP) is 2.34. The van der Waals surface area contributed by atoms with Crippen LogP contribution < -0.4 is 0 Å². The van der Waals surface area contributed by atoms with Gasteiger partial charge < -0.3 is 9.67 Å². The minimum Gasteiger partial charge on any atom is -0.481 e. The van der Waals surface area contributed by atoms with E-state index in [0.717, 1.165) is 25.2 Å². The summed E-state index contributed by atoms with van der Waals surface area (Å²) in [5.74, 6) is -0.126. The van der Waals surface area contributed by atoms with Gasteiger partial charge in [-0.05, 0) is 12.8 Å². The number of nitrogens with zero attached hydrogens (tertiary/aromatic N) is 2. The molecule has 16 heavy (non-hydrogen) atoms. The number of imidazole rings is 1. The lowest BCUT2D eigenvalue weighted by molar-refractivity contribution is -0.142. The predicted molar refractivity (Wildman–Crippen MR) is 62.3 cm³/mol. The number of aryl methyl sites for hydroxylation is 1. The molecule has 0 aliphatic rings. The molecule has 0 radical (unpaired) electrons. The molecule has 1 aromatic heterocycles. The molecule has 0 amide bonds. The Labute approximate surface area is 96.3 Å². The molecule has 0 bridgehead atoms. The first-order chi connectivity index (χ1) is 7.69. The van der Waals surface area contributed by atoms with Crippen molar-refractivity contribution in [1.29, 1.82) is 0 Å². The van der Waals surface area contributed by atoms with Crippen LogP contribution in [0.25, 0.3) is 0 Å². The van der Waals surface area contributed by atoms with Crippen LogP contribution in [-0.4, -0.2) is 20.6 Å². The largest absolute Gasteiger partial charge is 0.481 e. The molecule has 90 valence electrons. The van der Waals surface area contributed by atoms with Gasteiger partial charge >= 0.3 is 5.97 Å². The molecule has 0 saturated heterocycles. The highest BCUT2D eigenvalue weighted by Crippen LogP contribution is 2.13. The summed E-state index contributed by atoms with van der Waals surface area (Å²) in [5.41, 5.74) is 0. The minimum absolute atomic E-state index is 0.303. The Morgan fingerprint density at radius 1 is 1.50 bits per heavy atom. The van der Waals surface area contributed by atoms with Crippen LogP contribution in [0.5, 0.6) is 0 Å². The number of aliphatic carboxylic acids is 1. The van der Waals surface area contributed by atoms with Crippen molar-refractivity contribution in [2.45, 2.75) is 46.1 Å². The summed E-state index contributed by atoms with van der Waals surface area (Å²) in [4.78, 5) is 15.3. The molecule has 0 spiro atoms. The van der Waals surface area contributed by atoms with Crippen molar-refractivity contribution in [1.82, 2.24) is 9.55 Å². The number of carboxylic acids is 1. The van der Waals surface area contributed by atoms with Crippen molar-refractivity contribution in [2.75, 3.05) is 0 Å². The lowest BCUT2D eigenvalue weighted by atomic mass is 10.00. The zero-order valence-electron chi connectivity index (χ0n) is 10.0. The van der Waals surface area contributed by atoms with E-state index in [-0.39, 0.29) is 5.92 Å². The van der Waals surface area contributed by atoms with Gasteiger partial charge in [0.05, 0.1) is 5.92 Å². The van der Waals surface area contributed by atoms with Gasteiger partial charge in [-0.2, -0.15) is 0 Å². The molecular formula is C12H20N2O2. The molecule has 0 fully saturated rings. The molecule has 4 heteroatoms. The summed E-state index contributed by atoms with van der Waals surface area (Å²) in [5, 5.41) is 9.09. The molecule has 1 rings (SSSR count). The molecule has 0 saturated carbocycles. The van der Waals surface area contributed by atoms with Gasteiger partial charge in [-0.15, -0.1) is 0 Å². The Morgan fingerprint density at radius 3 is 2.81 bits per heavy atom. The molecule has 0 aliphatic heterocycles. The highest BCUT2D eigenvalue weighted by atomic mass is 16.4. The summed E-state index contributed by atoms with van der Waals surface area (Å²) in [7, 11) is 0. The van der Waals surface area contributed by atoms with Crippen LogP contribution in [-0.2, 0) is 17.8 Å². The number of hydrogen-bond donors (Lipinski definition) is 1. The van der Waals surface area contributed by atoms with Crippen LogP contribution in [0.4, 0.5) is 0 Å². The zero-order valence-corrected chi connectivity index (χ0v) is 10.0. The molecule has 1 aromatic rings. The SMILES string of the molecule is CCCC(Cc1nccn1CCC)C(=O)O. The first kappa shape index (κ1) is 12.7. The van der Waals surface area contributed by atoms with E-state index in [0.29, 0.717) is 12.8 Å². The van der Waals surface area contributed by atoms with E-state index in [9.17, 15) is 4.79 Å². The fourth-order valence-electron chi connectivity index (χ4n) is 1.86. The molecule has 1 heterocycles. The number of rotatable bonds is 7. The van der Waals surface area contributed by atoms with E-state index in [2.05, 4.69) is 11.9 Å². The molecule has 1 unspecified atom stereocenters. The second-order valence-electron chi connectivity index (χ2n) is 4.06. The van der Waals surface area contributed by atoms with Crippen molar-refractivity contribution < 1.29 is 9.90 Å². The van der Waals surface area contributed by atoms with Gasteiger partial charge in [-0.1, -0.05) is 20.3 Å². The van der Waals surface area contributed by atoms with E-state index in [1.54, 1.807) is 6.20 Å². The monoisotopic (exact) mass is 224 g/mol. The first-order valence-corrected chi connectivity index (χ1v) is 5.91. The smallest absolute Gasteiger partial charge is 0.306 e. The second-order valence-corrected chi connectivity index (χ2v) is 4.06. The molecular weight excluding hydrogens is 204 g/mol. The van der Waals surface area contributed by atoms with Crippen molar-refractivity contribution >= 4 is 5.97 Å². The topological polar surface area (TPSA) is 55.1 Å². The van der Waals surface area contributed by atoms with Crippen LogP contribution in [0.3, 0.4) is 0 Å². The van der Waals surface area contributed by atoms with Crippen molar-refractivity contribution in [3.8, 4) is 0 Å². The Bertz CT molecular complexity index is 334. The van der Waals surface area contributed by atoms with E-state index in [1.807, 2.05) is 17.7 Å². The Balaban J connectivity index is 2.68. The van der Waals surface area contributed by atoms with Crippen LogP contribution in [0.2, 0.25) is 0 Å². The Kier molecular flexibility index (Phi) is 5.02. The summed E-state index contributed by atoms with van der Waals surface area (Å²) in [6.07, 6.45) is 6.85. The highest BCUT2D eigenvalue weighted by Gasteiger charge is 2.19. The van der Waals surface area contributed by atoms with Crippen molar-refractivity contribution in [2.24, 2.45) is 5.92 Å². The minimum atomic E-state index is -0.715. The summed E-state index contributed by atoms with van der Waals surface area (Å²) in [6, 6.07) is 0. The van der Waals surface area contributed by atoms with Crippen LogP contribution >= 0.6 is 0 Å². The average molecular weight is 224 g/mol.